The van der Waals surface area contributed by atoms with Gasteiger partial charge in [0, 0.05) is 25.2 Å². The number of nitrogens with zero attached hydrogens (tertiary/aromatic N) is 5. The molecule has 1 aromatic heterocycles. The summed E-state index contributed by atoms with van der Waals surface area (Å²) in [7, 11) is 2.02. The lowest BCUT2D eigenvalue weighted by Crippen LogP contribution is -2.32. The average molecular weight is 368 g/mol. The van der Waals surface area contributed by atoms with Crippen LogP contribution in [-0.2, 0) is 0 Å². The Hall–Kier alpha value is -2.86. The van der Waals surface area contributed by atoms with Gasteiger partial charge in [0.2, 0.25) is 5.82 Å². The van der Waals surface area contributed by atoms with Crippen molar-refractivity contribution in [3.63, 3.8) is 0 Å². The van der Waals surface area contributed by atoms with Gasteiger partial charge in [-0.05, 0) is 36.8 Å². The number of aromatic nitrogens is 3. The standard InChI is InChI=1S/C19H18ClN5O/c1-23-10-5-11-24(17-12-14(20)8-9-16(17)23)19(26)18-21-13-25(22-18)15-6-3-2-4-7-15/h2-4,6-9,12-13H,5,10-11H2,1H3. The Kier molecular flexibility index (Phi) is 4.34. The Balaban J connectivity index is 1.69. The molecule has 1 aliphatic rings. The SMILES string of the molecule is CN1CCCN(C(=O)c2ncn(-c3ccccc3)n2)c2cc(Cl)ccc21. The van der Waals surface area contributed by atoms with Gasteiger partial charge in [0.1, 0.15) is 6.33 Å². The van der Waals surface area contributed by atoms with Gasteiger partial charge >= 0.3 is 0 Å². The molecule has 132 valence electrons. The van der Waals surface area contributed by atoms with E-state index in [1.54, 1.807) is 15.9 Å². The number of para-hydroxylation sites is 1. The summed E-state index contributed by atoms with van der Waals surface area (Å²) < 4.78 is 1.61. The van der Waals surface area contributed by atoms with E-state index in [1.807, 2.05) is 55.6 Å². The monoisotopic (exact) mass is 367 g/mol. The second-order valence-electron chi connectivity index (χ2n) is 6.21. The van der Waals surface area contributed by atoms with Crippen LogP contribution in [0.15, 0.2) is 54.9 Å². The summed E-state index contributed by atoms with van der Waals surface area (Å²) in [6, 6.07) is 15.2. The second-order valence-corrected chi connectivity index (χ2v) is 6.65. The molecule has 0 saturated heterocycles. The first-order valence-corrected chi connectivity index (χ1v) is 8.81. The Bertz CT molecular complexity index is 940. The Morgan fingerprint density at radius 3 is 2.69 bits per heavy atom. The number of halogens is 1. The lowest BCUT2D eigenvalue weighted by atomic mass is 10.2. The zero-order chi connectivity index (χ0) is 18.1. The van der Waals surface area contributed by atoms with Gasteiger partial charge in [0.25, 0.3) is 5.91 Å². The van der Waals surface area contributed by atoms with Crippen molar-refractivity contribution in [3.05, 3.63) is 65.7 Å². The summed E-state index contributed by atoms with van der Waals surface area (Å²) in [5.41, 5.74) is 2.62. The van der Waals surface area contributed by atoms with Gasteiger partial charge in [0.05, 0.1) is 17.1 Å². The van der Waals surface area contributed by atoms with E-state index >= 15 is 0 Å². The van der Waals surface area contributed by atoms with Gasteiger partial charge in [0.15, 0.2) is 0 Å². The van der Waals surface area contributed by atoms with E-state index in [-0.39, 0.29) is 11.7 Å². The van der Waals surface area contributed by atoms with Gasteiger partial charge < -0.3 is 9.80 Å². The minimum Gasteiger partial charge on any atom is -0.373 e. The molecule has 26 heavy (non-hydrogen) atoms. The zero-order valence-corrected chi connectivity index (χ0v) is 15.1. The molecule has 0 radical (unpaired) electrons. The predicted molar refractivity (Wildman–Crippen MR) is 102 cm³/mol. The third-order valence-corrected chi connectivity index (χ3v) is 4.70. The van der Waals surface area contributed by atoms with E-state index in [1.165, 1.54) is 0 Å². The van der Waals surface area contributed by atoms with E-state index in [0.29, 0.717) is 11.6 Å². The summed E-state index contributed by atoms with van der Waals surface area (Å²) in [6.07, 6.45) is 2.42. The highest BCUT2D eigenvalue weighted by Crippen LogP contribution is 2.34. The molecule has 4 rings (SSSR count). The fraction of sp³-hybridized carbons (Fsp3) is 0.211. The minimum absolute atomic E-state index is 0.171. The maximum Gasteiger partial charge on any atom is 0.298 e. The number of rotatable bonds is 2. The second kappa shape index (κ2) is 6.80. The molecule has 0 unspecified atom stereocenters. The quantitative estimate of drug-likeness (QED) is 0.696. The molecule has 1 amide bonds. The summed E-state index contributed by atoms with van der Waals surface area (Å²) in [6.45, 7) is 1.46. The van der Waals surface area contributed by atoms with Crippen LogP contribution in [0.4, 0.5) is 11.4 Å². The normalized spacial score (nSPS) is 14.1. The Morgan fingerprint density at radius 1 is 1.08 bits per heavy atom. The highest BCUT2D eigenvalue weighted by atomic mass is 35.5. The van der Waals surface area contributed by atoms with E-state index in [0.717, 1.165) is 30.0 Å². The van der Waals surface area contributed by atoms with Crippen LogP contribution in [0.3, 0.4) is 0 Å². The highest BCUT2D eigenvalue weighted by molar-refractivity contribution is 6.31. The van der Waals surface area contributed by atoms with Crippen LogP contribution >= 0.6 is 11.6 Å². The number of fused-ring (bicyclic) bond motifs is 1. The molecule has 0 aliphatic carbocycles. The number of carbonyl (C=O) groups excluding carboxylic acids is 1. The van der Waals surface area contributed by atoms with Crippen LogP contribution in [0.25, 0.3) is 5.69 Å². The molecule has 0 saturated carbocycles. The van der Waals surface area contributed by atoms with Crippen molar-refractivity contribution < 1.29 is 4.79 Å². The minimum atomic E-state index is -0.224. The highest BCUT2D eigenvalue weighted by Gasteiger charge is 2.27. The fourth-order valence-corrected chi connectivity index (χ4v) is 3.31. The lowest BCUT2D eigenvalue weighted by Gasteiger charge is -2.23. The molecule has 7 heteroatoms. The molecule has 0 atom stereocenters. The van der Waals surface area contributed by atoms with Gasteiger partial charge in [-0.1, -0.05) is 29.8 Å². The maximum atomic E-state index is 13.1. The molecule has 3 aromatic rings. The van der Waals surface area contributed by atoms with Gasteiger partial charge in [-0.25, -0.2) is 9.67 Å². The predicted octanol–water partition coefficient (Wildman–Crippen LogP) is 3.41. The molecular formula is C19H18ClN5O. The van der Waals surface area contributed by atoms with Crippen LogP contribution < -0.4 is 9.80 Å². The van der Waals surface area contributed by atoms with Gasteiger partial charge in [-0.2, -0.15) is 0 Å². The van der Waals surface area contributed by atoms with Crippen LogP contribution in [0.2, 0.25) is 5.02 Å². The third-order valence-electron chi connectivity index (χ3n) is 4.46. The van der Waals surface area contributed by atoms with Crippen LogP contribution in [0.5, 0.6) is 0 Å². The number of benzene rings is 2. The topological polar surface area (TPSA) is 54.3 Å². The molecular weight excluding hydrogens is 350 g/mol. The summed E-state index contributed by atoms with van der Waals surface area (Å²) >= 11 is 6.19. The molecule has 0 fully saturated rings. The third kappa shape index (κ3) is 3.04. The molecule has 2 aromatic carbocycles. The zero-order valence-electron chi connectivity index (χ0n) is 14.3. The summed E-state index contributed by atoms with van der Waals surface area (Å²) in [5.74, 6) is -0.0529. The first kappa shape index (κ1) is 16.6. The van der Waals surface area contributed by atoms with Crippen molar-refractivity contribution in [2.24, 2.45) is 0 Å². The number of carbonyl (C=O) groups is 1. The smallest absolute Gasteiger partial charge is 0.298 e. The van der Waals surface area contributed by atoms with Crippen molar-refractivity contribution in [2.45, 2.75) is 6.42 Å². The molecule has 2 heterocycles. The Morgan fingerprint density at radius 2 is 1.88 bits per heavy atom. The first-order chi connectivity index (χ1) is 12.6. The Labute approximate surface area is 156 Å². The molecule has 1 aliphatic heterocycles. The summed E-state index contributed by atoms with van der Waals surface area (Å²) in [4.78, 5) is 21.2. The van der Waals surface area contributed by atoms with Crippen LogP contribution in [0, 0.1) is 0 Å². The van der Waals surface area contributed by atoms with E-state index < -0.39 is 0 Å². The molecule has 0 bridgehead atoms. The van der Waals surface area contributed by atoms with Crippen LogP contribution in [-0.4, -0.2) is 40.8 Å². The van der Waals surface area contributed by atoms with E-state index in [9.17, 15) is 4.79 Å². The van der Waals surface area contributed by atoms with Gasteiger partial charge in [-0.3, -0.25) is 4.79 Å². The van der Waals surface area contributed by atoms with Crippen molar-refractivity contribution in [1.29, 1.82) is 0 Å². The van der Waals surface area contributed by atoms with Crippen molar-refractivity contribution in [1.82, 2.24) is 14.8 Å². The van der Waals surface area contributed by atoms with Crippen molar-refractivity contribution in [2.75, 3.05) is 29.9 Å². The maximum absolute atomic E-state index is 13.1. The van der Waals surface area contributed by atoms with Crippen molar-refractivity contribution in [3.8, 4) is 5.69 Å². The van der Waals surface area contributed by atoms with E-state index in [4.69, 9.17) is 11.6 Å². The van der Waals surface area contributed by atoms with Crippen LogP contribution in [0.1, 0.15) is 17.0 Å². The number of amides is 1. The largest absolute Gasteiger partial charge is 0.373 e. The summed E-state index contributed by atoms with van der Waals surface area (Å²) in [5, 5.41) is 4.97. The first-order valence-electron chi connectivity index (χ1n) is 8.43. The van der Waals surface area contributed by atoms with E-state index in [2.05, 4.69) is 15.0 Å². The van der Waals surface area contributed by atoms with Gasteiger partial charge in [-0.15, -0.1) is 5.10 Å². The lowest BCUT2D eigenvalue weighted by molar-refractivity contribution is 0.0977. The number of hydrogen-bond acceptors (Lipinski definition) is 4. The number of hydrogen-bond donors (Lipinski definition) is 0. The average Bonchev–Trinajstić information content (AvgIpc) is 3.09. The fourth-order valence-electron chi connectivity index (χ4n) is 3.14. The molecule has 0 spiro atoms. The number of anilines is 2. The molecule has 0 N–H and O–H groups in total. The van der Waals surface area contributed by atoms with Crippen molar-refractivity contribution >= 4 is 28.9 Å². The molecule has 6 nitrogen and oxygen atoms in total.